The predicted octanol–water partition coefficient (Wildman–Crippen LogP) is 1.90. The minimum atomic E-state index is -3.56. The normalized spacial score (nSPS) is 19.7. The van der Waals surface area contributed by atoms with Crippen molar-refractivity contribution >= 4 is 10.0 Å². The second-order valence-electron chi connectivity index (χ2n) is 5.16. The van der Waals surface area contributed by atoms with Crippen molar-refractivity contribution in [1.82, 2.24) is 9.62 Å². The number of sulfonamides is 1. The molecule has 1 unspecified atom stereocenters. The lowest BCUT2D eigenvalue weighted by Crippen LogP contribution is -2.41. The van der Waals surface area contributed by atoms with E-state index < -0.39 is 15.8 Å². The van der Waals surface area contributed by atoms with E-state index in [9.17, 15) is 12.8 Å². The van der Waals surface area contributed by atoms with Crippen molar-refractivity contribution in [3.8, 4) is 0 Å². The Kier molecular flexibility index (Phi) is 4.78. The van der Waals surface area contributed by atoms with Gasteiger partial charge < -0.3 is 5.32 Å². The SMILES string of the molecule is CCN(CC1CCCN1)S(=O)(=O)c1ccc(F)cc1C. The van der Waals surface area contributed by atoms with Crippen LogP contribution in [0.2, 0.25) is 0 Å². The van der Waals surface area contributed by atoms with Crippen LogP contribution in [-0.2, 0) is 10.0 Å². The molecule has 1 aliphatic rings. The number of rotatable bonds is 5. The first kappa shape index (κ1) is 15.4. The highest BCUT2D eigenvalue weighted by Gasteiger charge is 2.28. The molecule has 4 nitrogen and oxygen atoms in total. The molecular formula is C14H21FN2O2S. The highest BCUT2D eigenvalue weighted by atomic mass is 32.2. The Hall–Kier alpha value is -0.980. The van der Waals surface area contributed by atoms with Gasteiger partial charge in [-0.05, 0) is 50.1 Å². The fraction of sp³-hybridized carbons (Fsp3) is 0.571. The van der Waals surface area contributed by atoms with Crippen molar-refractivity contribution in [3.63, 3.8) is 0 Å². The maximum Gasteiger partial charge on any atom is 0.243 e. The van der Waals surface area contributed by atoms with E-state index in [1.807, 2.05) is 6.92 Å². The van der Waals surface area contributed by atoms with Crippen LogP contribution in [0.3, 0.4) is 0 Å². The first-order valence-electron chi connectivity index (χ1n) is 6.95. The summed E-state index contributed by atoms with van der Waals surface area (Å²) >= 11 is 0. The lowest BCUT2D eigenvalue weighted by Gasteiger charge is -2.24. The molecule has 0 spiro atoms. The highest BCUT2D eigenvalue weighted by molar-refractivity contribution is 7.89. The number of benzene rings is 1. The van der Waals surface area contributed by atoms with E-state index in [1.54, 1.807) is 6.92 Å². The van der Waals surface area contributed by atoms with Crippen LogP contribution >= 0.6 is 0 Å². The number of nitrogens with one attached hydrogen (secondary N) is 1. The highest BCUT2D eigenvalue weighted by Crippen LogP contribution is 2.21. The maximum absolute atomic E-state index is 13.1. The lowest BCUT2D eigenvalue weighted by atomic mass is 10.2. The Morgan fingerprint density at radius 3 is 2.75 bits per heavy atom. The number of hydrogen-bond acceptors (Lipinski definition) is 3. The maximum atomic E-state index is 13.1. The third-order valence-electron chi connectivity index (χ3n) is 3.69. The molecular weight excluding hydrogens is 279 g/mol. The van der Waals surface area contributed by atoms with Gasteiger partial charge in [0, 0.05) is 19.1 Å². The molecule has 0 saturated carbocycles. The van der Waals surface area contributed by atoms with Gasteiger partial charge in [-0.2, -0.15) is 4.31 Å². The zero-order valence-corrected chi connectivity index (χ0v) is 12.7. The van der Waals surface area contributed by atoms with Gasteiger partial charge in [0.1, 0.15) is 5.82 Å². The molecule has 1 atom stereocenters. The summed E-state index contributed by atoms with van der Waals surface area (Å²) in [5, 5.41) is 3.30. The van der Waals surface area contributed by atoms with Gasteiger partial charge in [0.25, 0.3) is 0 Å². The molecule has 1 fully saturated rings. The number of halogens is 1. The minimum absolute atomic E-state index is 0.193. The Labute approximate surface area is 120 Å². The minimum Gasteiger partial charge on any atom is -0.313 e. The molecule has 6 heteroatoms. The summed E-state index contributed by atoms with van der Waals surface area (Å²) in [6, 6.07) is 4.02. The molecule has 0 bridgehead atoms. The molecule has 112 valence electrons. The van der Waals surface area contributed by atoms with Crippen molar-refractivity contribution in [2.24, 2.45) is 0 Å². The Bertz CT molecular complexity index is 569. The predicted molar refractivity (Wildman–Crippen MR) is 76.6 cm³/mol. The van der Waals surface area contributed by atoms with Crippen molar-refractivity contribution < 1.29 is 12.8 Å². The summed E-state index contributed by atoms with van der Waals surface area (Å²) in [7, 11) is -3.56. The van der Waals surface area contributed by atoms with Gasteiger partial charge in [0.15, 0.2) is 0 Å². The molecule has 0 aliphatic carbocycles. The molecule has 1 aromatic carbocycles. The Morgan fingerprint density at radius 2 is 2.20 bits per heavy atom. The fourth-order valence-corrected chi connectivity index (χ4v) is 4.30. The molecule has 1 heterocycles. The van der Waals surface area contributed by atoms with Gasteiger partial charge in [0.2, 0.25) is 10.0 Å². The fourth-order valence-electron chi connectivity index (χ4n) is 2.60. The molecule has 0 amide bonds. The number of likely N-dealkylation sites (N-methyl/N-ethyl adjacent to an activating group) is 1. The third kappa shape index (κ3) is 3.19. The second-order valence-corrected chi connectivity index (χ2v) is 7.07. The summed E-state index contributed by atoms with van der Waals surface area (Å²) in [6.07, 6.45) is 2.08. The zero-order valence-electron chi connectivity index (χ0n) is 11.9. The molecule has 1 aromatic rings. The van der Waals surface area contributed by atoms with E-state index >= 15 is 0 Å². The van der Waals surface area contributed by atoms with E-state index in [4.69, 9.17) is 0 Å². The van der Waals surface area contributed by atoms with Crippen LogP contribution in [0.1, 0.15) is 25.3 Å². The van der Waals surface area contributed by atoms with Crippen LogP contribution in [0.25, 0.3) is 0 Å². The van der Waals surface area contributed by atoms with Crippen LogP contribution in [0.5, 0.6) is 0 Å². The topological polar surface area (TPSA) is 49.4 Å². The average molecular weight is 300 g/mol. The van der Waals surface area contributed by atoms with Crippen molar-refractivity contribution in [1.29, 1.82) is 0 Å². The quantitative estimate of drug-likeness (QED) is 0.903. The average Bonchev–Trinajstić information content (AvgIpc) is 2.88. The van der Waals surface area contributed by atoms with Gasteiger partial charge in [-0.1, -0.05) is 6.92 Å². The zero-order chi connectivity index (χ0) is 14.8. The number of aryl methyl sites for hydroxylation is 1. The summed E-state index contributed by atoms with van der Waals surface area (Å²) in [5.74, 6) is -0.415. The Morgan fingerprint density at radius 1 is 1.45 bits per heavy atom. The first-order valence-corrected chi connectivity index (χ1v) is 8.39. The van der Waals surface area contributed by atoms with Crippen LogP contribution in [0, 0.1) is 12.7 Å². The standard InChI is InChI=1S/C14H21FN2O2S/c1-3-17(10-13-5-4-8-16-13)20(18,19)14-7-6-12(15)9-11(14)2/h6-7,9,13,16H,3-5,8,10H2,1-2H3. The Balaban J connectivity index is 2.26. The molecule has 1 aliphatic heterocycles. The van der Waals surface area contributed by atoms with E-state index in [0.29, 0.717) is 18.7 Å². The lowest BCUT2D eigenvalue weighted by molar-refractivity contribution is 0.382. The summed E-state index contributed by atoms with van der Waals surface area (Å²) in [6.45, 7) is 5.27. The van der Waals surface area contributed by atoms with Crippen LogP contribution in [-0.4, -0.2) is 38.4 Å². The van der Waals surface area contributed by atoms with E-state index in [2.05, 4.69) is 5.32 Å². The van der Waals surface area contributed by atoms with Gasteiger partial charge in [-0.15, -0.1) is 0 Å². The van der Waals surface area contributed by atoms with Gasteiger partial charge >= 0.3 is 0 Å². The number of hydrogen-bond donors (Lipinski definition) is 1. The molecule has 2 rings (SSSR count). The van der Waals surface area contributed by atoms with Gasteiger partial charge in [0.05, 0.1) is 4.90 Å². The van der Waals surface area contributed by atoms with Crippen LogP contribution < -0.4 is 5.32 Å². The molecule has 0 radical (unpaired) electrons. The third-order valence-corrected chi connectivity index (χ3v) is 5.79. The van der Waals surface area contributed by atoms with E-state index in [0.717, 1.165) is 19.4 Å². The van der Waals surface area contributed by atoms with Crippen LogP contribution in [0.4, 0.5) is 4.39 Å². The monoisotopic (exact) mass is 300 g/mol. The molecule has 1 N–H and O–H groups in total. The van der Waals surface area contributed by atoms with E-state index in [-0.39, 0.29) is 10.9 Å². The van der Waals surface area contributed by atoms with Crippen molar-refractivity contribution in [3.05, 3.63) is 29.6 Å². The molecule has 1 saturated heterocycles. The smallest absolute Gasteiger partial charge is 0.243 e. The largest absolute Gasteiger partial charge is 0.313 e. The van der Waals surface area contributed by atoms with Crippen molar-refractivity contribution in [2.75, 3.05) is 19.6 Å². The van der Waals surface area contributed by atoms with Gasteiger partial charge in [-0.25, -0.2) is 12.8 Å². The summed E-state index contributed by atoms with van der Waals surface area (Å²) in [5.41, 5.74) is 0.447. The molecule has 0 aromatic heterocycles. The summed E-state index contributed by atoms with van der Waals surface area (Å²) < 4.78 is 39.9. The van der Waals surface area contributed by atoms with Crippen LogP contribution in [0.15, 0.2) is 23.1 Å². The first-order chi connectivity index (χ1) is 9.45. The van der Waals surface area contributed by atoms with Gasteiger partial charge in [-0.3, -0.25) is 0 Å². The second kappa shape index (κ2) is 6.20. The van der Waals surface area contributed by atoms with Crippen molar-refractivity contribution in [2.45, 2.75) is 37.6 Å². The number of nitrogens with zero attached hydrogens (tertiary/aromatic N) is 1. The summed E-state index contributed by atoms with van der Waals surface area (Å²) in [4.78, 5) is 0.193. The van der Waals surface area contributed by atoms with E-state index in [1.165, 1.54) is 22.5 Å². The molecule has 20 heavy (non-hydrogen) atoms.